The topological polar surface area (TPSA) is 26.3 Å². The van der Waals surface area contributed by atoms with Gasteiger partial charge in [-0.25, -0.2) is 0 Å². The average molecular weight is 228 g/mol. The summed E-state index contributed by atoms with van der Waals surface area (Å²) in [7, 11) is -1.52. The van der Waals surface area contributed by atoms with Crippen LogP contribution >= 0.6 is 0 Å². The molecule has 0 unspecified atom stereocenters. The molecule has 0 spiro atoms. The smallest absolute Gasteiger partial charge is 0.122 e. The Bertz CT molecular complexity index is 186. The summed E-state index contributed by atoms with van der Waals surface area (Å²) < 4.78 is 5.66. The van der Waals surface area contributed by atoms with Gasteiger partial charge in [0.2, 0.25) is 0 Å². The van der Waals surface area contributed by atoms with E-state index in [1.165, 1.54) is 31.6 Å². The first-order valence-electron chi connectivity index (χ1n) is 6.18. The zero-order chi connectivity index (χ0) is 11.1. The van der Waals surface area contributed by atoms with Gasteiger partial charge in [-0.15, -0.1) is 0 Å². The van der Waals surface area contributed by atoms with Crippen LogP contribution in [0.15, 0.2) is 0 Å². The van der Waals surface area contributed by atoms with Crippen LogP contribution in [0.25, 0.3) is 0 Å². The first-order valence-corrected chi connectivity index (χ1v) is 9.46. The van der Waals surface area contributed by atoms with E-state index in [0.29, 0.717) is 0 Å². The molecule has 1 aliphatic rings. The van der Waals surface area contributed by atoms with E-state index in [9.17, 15) is 4.79 Å². The van der Waals surface area contributed by atoms with Crippen LogP contribution in [-0.4, -0.2) is 27.2 Å². The number of ether oxygens (including phenoxy) is 1. The van der Waals surface area contributed by atoms with Crippen molar-refractivity contribution in [1.29, 1.82) is 0 Å². The van der Waals surface area contributed by atoms with Crippen molar-refractivity contribution in [1.82, 2.24) is 0 Å². The van der Waals surface area contributed by atoms with Crippen molar-refractivity contribution in [2.45, 2.75) is 51.2 Å². The minimum atomic E-state index is -1.52. The lowest BCUT2D eigenvalue weighted by molar-refractivity contribution is 0.102. The highest BCUT2D eigenvalue weighted by molar-refractivity contribution is 6.99. The first kappa shape index (κ1) is 12.9. The van der Waals surface area contributed by atoms with E-state index in [2.05, 4.69) is 13.1 Å². The molecule has 88 valence electrons. The van der Waals surface area contributed by atoms with E-state index >= 15 is 0 Å². The van der Waals surface area contributed by atoms with Crippen molar-refractivity contribution in [2.75, 3.05) is 13.2 Å². The zero-order valence-electron chi connectivity index (χ0n) is 10.1. The van der Waals surface area contributed by atoms with Gasteiger partial charge in [-0.05, 0) is 31.2 Å². The molecule has 0 aliphatic heterocycles. The standard InChI is InChI=1S/C12H24O2Si/c1-15(2,11-13)9-5-8-14-10-12-6-3-4-7-12/h11-12H,3-10H2,1-2H3. The molecule has 0 N–H and O–H groups in total. The van der Waals surface area contributed by atoms with Gasteiger partial charge in [-0.1, -0.05) is 25.9 Å². The van der Waals surface area contributed by atoms with Crippen LogP contribution < -0.4 is 0 Å². The molecule has 0 aromatic carbocycles. The van der Waals surface area contributed by atoms with Crippen LogP contribution in [0.4, 0.5) is 0 Å². The van der Waals surface area contributed by atoms with Crippen molar-refractivity contribution < 1.29 is 9.53 Å². The molecule has 0 aromatic heterocycles. The molecule has 15 heavy (non-hydrogen) atoms. The zero-order valence-corrected chi connectivity index (χ0v) is 11.1. The number of carbonyl (C=O) groups is 1. The van der Waals surface area contributed by atoms with E-state index in [-0.39, 0.29) is 0 Å². The third-order valence-electron chi connectivity index (χ3n) is 3.26. The lowest BCUT2D eigenvalue weighted by Crippen LogP contribution is -2.27. The van der Waals surface area contributed by atoms with Gasteiger partial charge in [0.1, 0.15) is 8.07 Å². The summed E-state index contributed by atoms with van der Waals surface area (Å²) in [6, 6.07) is 1.07. The number of hydrogen-bond donors (Lipinski definition) is 0. The van der Waals surface area contributed by atoms with Gasteiger partial charge >= 0.3 is 0 Å². The summed E-state index contributed by atoms with van der Waals surface area (Å²) in [5.41, 5.74) is 0. The second kappa shape index (κ2) is 6.43. The fourth-order valence-corrected chi connectivity index (χ4v) is 3.29. The summed E-state index contributed by atoms with van der Waals surface area (Å²) in [5, 5.41) is 0. The van der Waals surface area contributed by atoms with Gasteiger partial charge in [0.05, 0.1) is 5.91 Å². The van der Waals surface area contributed by atoms with Crippen LogP contribution in [0.5, 0.6) is 0 Å². The fraction of sp³-hybridized carbons (Fsp3) is 0.917. The molecular formula is C12H24O2Si. The Hall–Kier alpha value is -0.153. The van der Waals surface area contributed by atoms with Crippen LogP contribution in [0.3, 0.4) is 0 Å². The van der Waals surface area contributed by atoms with E-state index in [4.69, 9.17) is 4.74 Å². The number of hydrogen-bond acceptors (Lipinski definition) is 2. The second-order valence-corrected chi connectivity index (χ2v) is 10.1. The number of rotatable bonds is 7. The maximum absolute atomic E-state index is 10.7. The van der Waals surface area contributed by atoms with Crippen molar-refractivity contribution in [3.8, 4) is 0 Å². The Balaban J connectivity index is 1.94. The lowest BCUT2D eigenvalue weighted by Gasteiger charge is -2.14. The van der Waals surface area contributed by atoms with Crippen LogP contribution in [0.1, 0.15) is 32.1 Å². The van der Waals surface area contributed by atoms with Crippen molar-refractivity contribution in [2.24, 2.45) is 5.92 Å². The second-order valence-electron chi connectivity index (χ2n) is 5.44. The Kier molecular flexibility index (Phi) is 5.54. The number of carbonyl (C=O) groups excluding carboxylic acids is 1. The highest BCUT2D eigenvalue weighted by Gasteiger charge is 2.19. The van der Waals surface area contributed by atoms with E-state index in [1.54, 1.807) is 0 Å². The monoisotopic (exact) mass is 228 g/mol. The molecule has 0 heterocycles. The molecule has 1 aliphatic carbocycles. The molecule has 0 radical (unpaired) electrons. The van der Waals surface area contributed by atoms with Crippen molar-refractivity contribution in [3.63, 3.8) is 0 Å². The van der Waals surface area contributed by atoms with E-state index in [1.807, 2.05) is 0 Å². The van der Waals surface area contributed by atoms with E-state index in [0.717, 1.165) is 31.6 Å². The quantitative estimate of drug-likeness (QED) is 0.380. The average Bonchev–Trinajstić information content (AvgIpc) is 2.70. The fourth-order valence-electron chi connectivity index (χ4n) is 2.12. The first-order chi connectivity index (χ1) is 7.14. The Morgan fingerprint density at radius 2 is 2.00 bits per heavy atom. The van der Waals surface area contributed by atoms with Crippen molar-refractivity contribution >= 4 is 14.0 Å². The Morgan fingerprint density at radius 1 is 1.33 bits per heavy atom. The molecular weight excluding hydrogens is 204 g/mol. The van der Waals surface area contributed by atoms with Crippen LogP contribution in [0, 0.1) is 5.92 Å². The molecule has 0 saturated heterocycles. The maximum Gasteiger partial charge on any atom is 0.122 e. The highest BCUT2D eigenvalue weighted by Crippen LogP contribution is 2.24. The molecule has 1 rings (SSSR count). The van der Waals surface area contributed by atoms with Gasteiger partial charge in [-0.2, -0.15) is 0 Å². The highest BCUT2D eigenvalue weighted by atomic mass is 28.3. The minimum Gasteiger partial charge on any atom is -0.381 e. The molecule has 0 atom stereocenters. The maximum atomic E-state index is 10.7. The van der Waals surface area contributed by atoms with Gasteiger partial charge in [-0.3, -0.25) is 0 Å². The van der Waals surface area contributed by atoms with Gasteiger partial charge in [0.25, 0.3) is 0 Å². The summed E-state index contributed by atoms with van der Waals surface area (Å²) in [6.07, 6.45) is 6.55. The Labute approximate surface area is 94.4 Å². The molecule has 1 saturated carbocycles. The van der Waals surface area contributed by atoms with Gasteiger partial charge in [0, 0.05) is 13.2 Å². The molecule has 2 nitrogen and oxygen atoms in total. The van der Waals surface area contributed by atoms with Gasteiger partial charge < -0.3 is 9.53 Å². The summed E-state index contributed by atoms with van der Waals surface area (Å²) in [5.74, 6) is 2.01. The molecule has 1 fully saturated rings. The summed E-state index contributed by atoms with van der Waals surface area (Å²) in [6.45, 7) is 6.04. The van der Waals surface area contributed by atoms with Crippen molar-refractivity contribution in [3.05, 3.63) is 0 Å². The minimum absolute atomic E-state index is 0.821. The SMILES string of the molecule is C[Si](C)(C=O)CCCOCC1CCCC1. The Morgan fingerprint density at radius 3 is 2.60 bits per heavy atom. The predicted molar refractivity (Wildman–Crippen MR) is 66.4 cm³/mol. The summed E-state index contributed by atoms with van der Waals surface area (Å²) in [4.78, 5) is 10.7. The molecule has 3 heteroatoms. The molecule has 0 aromatic rings. The third-order valence-corrected chi connectivity index (χ3v) is 5.54. The van der Waals surface area contributed by atoms with E-state index < -0.39 is 8.07 Å². The normalized spacial score (nSPS) is 18.3. The third kappa shape index (κ3) is 5.47. The van der Waals surface area contributed by atoms with Crippen LogP contribution in [0.2, 0.25) is 19.1 Å². The van der Waals surface area contributed by atoms with Crippen LogP contribution in [-0.2, 0) is 9.53 Å². The lowest BCUT2D eigenvalue weighted by atomic mass is 10.1. The van der Waals surface area contributed by atoms with Gasteiger partial charge in [0.15, 0.2) is 0 Å². The molecule has 0 amide bonds. The predicted octanol–water partition coefficient (Wildman–Crippen LogP) is 3.06. The largest absolute Gasteiger partial charge is 0.381 e. The molecule has 0 bridgehead atoms. The summed E-state index contributed by atoms with van der Waals surface area (Å²) >= 11 is 0.